The van der Waals surface area contributed by atoms with E-state index in [2.05, 4.69) is 10.3 Å². The Hall–Kier alpha value is -1.99. The van der Waals surface area contributed by atoms with Gasteiger partial charge < -0.3 is 15.0 Å². The Kier molecular flexibility index (Phi) is 5.65. The lowest BCUT2D eigenvalue weighted by atomic mass is 9.95. The first-order valence-corrected chi connectivity index (χ1v) is 9.07. The minimum absolute atomic E-state index is 0.100. The van der Waals surface area contributed by atoms with Crippen molar-refractivity contribution in [3.05, 3.63) is 38.9 Å². The molecule has 25 heavy (non-hydrogen) atoms. The number of hydrogen-bond acceptors (Lipinski definition) is 4. The Balaban J connectivity index is 1.88. The number of carbonyl (C=O) groups is 1. The van der Waals surface area contributed by atoms with Crippen LogP contribution in [0.4, 0.5) is 0 Å². The number of rotatable bonds is 5. The predicted molar refractivity (Wildman–Crippen MR) is 99.6 cm³/mol. The second-order valence-corrected chi connectivity index (χ2v) is 6.84. The van der Waals surface area contributed by atoms with Crippen molar-refractivity contribution in [2.75, 3.05) is 13.7 Å². The van der Waals surface area contributed by atoms with Crippen molar-refractivity contribution in [3.63, 3.8) is 0 Å². The van der Waals surface area contributed by atoms with Gasteiger partial charge in [0.1, 0.15) is 0 Å². The summed E-state index contributed by atoms with van der Waals surface area (Å²) in [4.78, 5) is 28.1. The first-order valence-electron chi connectivity index (χ1n) is 8.67. The van der Waals surface area contributed by atoms with Crippen molar-refractivity contribution in [3.8, 4) is 0 Å². The van der Waals surface area contributed by atoms with Gasteiger partial charge in [-0.25, -0.2) is 0 Å². The molecule has 1 aromatic heterocycles. The lowest BCUT2D eigenvalue weighted by molar-refractivity contribution is 0.0928. The van der Waals surface area contributed by atoms with E-state index in [0.29, 0.717) is 34.4 Å². The van der Waals surface area contributed by atoms with Crippen molar-refractivity contribution < 1.29 is 9.53 Å². The van der Waals surface area contributed by atoms with Gasteiger partial charge in [0.2, 0.25) is 0 Å². The molecule has 3 rings (SSSR count). The van der Waals surface area contributed by atoms with Gasteiger partial charge in [-0.1, -0.05) is 19.3 Å². The van der Waals surface area contributed by atoms with E-state index in [9.17, 15) is 9.59 Å². The Morgan fingerprint density at radius 2 is 2.12 bits per heavy atom. The average molecular weight is 361 g/mol. The highest BCUT2D eigenvalue weighted by atomic mass is 32.1. The summed E-state index contributed by atoms with van der Waals surface area (Å²) in [5.41, 5.74) is 0.952. The van der Waals surface area contributed by atoms with Gasteiger partial charge in [-0.15, -0.1) is 0 Å². The van der Waals surface area contributed by atoms with Crippen LogP contribution in [0.1, 0.15) is 42.5 Å². The van der Waals surface area contributed by atoms with E-state index in [1.165, 1.54) is 11.0 Å². The number of amides is 1. The van der Waals surface area contributed by atoms with Gasteiger partial charge in [0.05, 0.1) is 24.1 Å². The highest BCUT2D eigenvalue weighted by Gasteiger charge is 2.17. The summed E-state index contributed by atoms with van der Waals surface area (Å²) in [5, 5.41) is 3.60. The van der Waals surface area contributed by atoms with Crippen LogP contribution in [-0.2, 0) is 11.3 Å². The van der Waals surface area contributed by atoms with Crippen LogP contribution < -0.4 is 10.9 Å². The monoisotopic (exact) mass is 361 g/mol. The highest BCUT2D eigenvalue weighted by Crippen LogP contribution is 2.18. The molecule has 1 heterocycles. The number of nitrogens with one attached hydrogen (secondary N) is 2. The topological polar surface area (TPSA) is 76.1 Å². The van der Waals surface area contributed by atoms with Crippen LogP contribution in [0.25, 0.3) is 10.9 Å². The predicted octanol–water partition coefficient (Wildman–Crippen LogP) is 2.77. The number of benzene rings is 1. The van der Waals surface area contributed by atoms with Crippen LogP contribution in [0, 0.1) is 4.77 Å². The minimum Gasteiger partial charge on any atom is -0.383 e. The zero-order valence-corrected chi connectivity index (χ0v) is 15.2. The number of methoxy groups -OCH3 is 1. The Morgan fingerprint density at radius 3 is 2.84 bits per heavy atom. The molecular weight excluding hydrogens is 338 g/mol. The molecule has 2 N–H and O–H groups in total. The quantitative estimate of drug-likeness (QED) is 0.803. The molecule has 1 fully saturated rings. The van der Waals surface area contributed by atoms with E-state index in [1.54, 1.807) is 25.3 Å². The smallest absolute Gasteiger partial charge is 0.262 e. The van der Waals surface area contributed by atoms with E-state index in [0.717, 1.165) is 25.7 Å². The fraction of sp³-hybridized carbons (Fsp3) is 0.500. The van der Waals surface area contributed by atoms with Gasteiger partial charge in [-0.3, -0.25) is 14.2 Å². The molecule has 1 aromatic carbocycles. The third-order valence-corrected chi connectivity index (χ3v) is 5.03. The number of ether oxygens (including phenoxy) is 1. The first kappa shape index (κ1) is 17.8. The molecule has 0 radical (unpaired) electrons. The molecule has 0 atom stereocenters. The summed E-state index contributed by atoms with van der Waals surface area (Å²) in [7, 11) is 1.58. The number of H-pyrrole nitrogens is 1. The second-order valence-electron chi connectivity index (χ2n) is 6.45. The third-order valence-electron chi connectivity index (χ3n) is 4.70. The molecule has 0 bridgehead atoms. The molecule has 1 amide bonds. The SMILES string of the molecule is COCCn1c(=S)[nH]c2cc(C(=O)NC3CCCCC3)ccc2c1=O. The molecule has 134 valence electrons. The normalized spacial score (nSPS) is 15.4. The number of nitrogens with zero attached hydrogens (tertiary/aromatic N) is 1. The maximum Gasteiger partial charge on any atom is 0.262 e. The standard InChI is InChI=1S/C18H23N3O3S/c1-24-10-9-21-17(23)14-8-7-12(11-15(14)20-18(21)25)16(22)19-13-5-3-2-4-6-13/h7-8,11,13H,2-6,9-10H2,1H3,(H,19,22)(H,20,25). The first-order chi connectivity index (χ1) is 12.1. The maximum absolute atomic E-state index is 12.6. The van der Waals surface area contributed by atoms with E-state index < -0.39 is 0 Å². The fourth-order valence-corrected chi connectivity index (χ4v) is 3.58. The fourth-order valence-electron chi connectivity index (χ4n) is 3.30. The van der Waals surface area contributed by atoms with Crippen LogP contribution in [0.2, 0.25) is 0 Å². The van der Waals surface area contributed by atoms with E-state index >= 15 is 0 Å². The second kappa shape index (κ2) is 7.93. The molecule has 0 unspecified atom stereocenters. The molecule has 0 saturated heterocycles. The largest absolute Gasteiger partial charge is 0.383 e. The molecule has 1 aliphatic carbocycles. The Labute approximate surface area is 151 Å². The Bertz CT molecular complexity index is 881. The summed E-state index contributed by atoms with van der Waals surface area (Å²) in [6.07, 6.45) is 5.64. The van der Waals surface area contributed by atoms with Crippen LogP contribution in [0.15, 0.2) is 23.0 Å². The summed E-state index contributed by atoms with van der Waals surface area (Å²) in [5.74, 6) is -0.100. The van der Waals surface area contributed by atoms with Crippen molar-refractivity contribution in [2.24, 2.45) is 0 Å². The van der Waals surface area contributed by atoms with Crippen molar-refractivity contribution in [1.29, 1.82) is 0 Å². The highest BCUT2D eigenvalue weighted by molar-refractivity contribution is 7.71. The lowest BCUT2D eigenvalue weighted by Gasteiger charge is -2.22. The Morgan fingerprint density at radius 1 is 1.36 bits per heavy atom. The van der Waals surface area contributed by atoms with Crippen LogP contribution in [0.5, 0.6) is 0 Å². The van der Waals surface area contributed by atoms with Crippen molar-refractivity contribution in [1.82, 2.24) is 14.9 Å². The summed E-state index contributed by atoms with van der Waals surface area (Å²) < 4.78 is 6.83. The molecular formula is C18H23N3O3S. The van der Waals surface area contributed by atoms with Gasteiger partial charge in [-0.2, -0.15) is 0 Å². The summed E-state index contributed by atoms with van der Waals surface area (Å²) >= 11 is 5.27. The minimum atomic E-state index is -0.171. The number of aromatic nitrogens is 2. The van der Waals surface area contributed by atoms with Crippen molar-refractivity contribution in [2.45, 2.75) is 44.7 Å². The molecule has 6 nitrogen and oxygen atoms in total. The maximum atomic E-state index is 12.6. The molecule has 0 spiro atoms. The third kappa shape index (κ3) is 3.99. The number of aromatic amines is 1. The van der Waals surface area contributed by atoms with E-state index in [4.69, 9.17) is 17.0 Å². The number of hydrogen-bond donors (Lipinski definition) is 2. The molecule has 2 aromatic rings. The lowest BCUT2D eigenvalue weighted by Crippen LogP contribution is -2.36. The molecule has 1 saturated carbocycles. The van der Waals surface area contributed by atoms with Gasteiger partial charge in [0.15, 0.2) is 4.77 Å². The van der Waals surface area contributed by atoms with Gasteiger partial charge >= 0.3 is 0 Å². The summed E-state index contributed by atoms with van der Waals surface area (Å²) in [6.45, 7) is 0.801. The van der Waals surface area contributed by atoms with E-state index in [1.807, 2.05) is 0 Å². The molecule has 7 heteroatoms. The van der Waals surface area contributed by atoms with Gasteiger partial charge in [0, 0.05) is 18.7 Å². The zero-order valence-electron chi connectivity index (χ0n) is 14.3. The zero-order chi connectivity index (χ0) is 17.8. The summed E-state index contributed by atoms with van der Waals surface area (Å²) in [6, 6.07) is 5.32. The van der Waals surface area contributed by atoms with Crippen LogP contribution >= 0.6 is 12.2 Å². The van der Waals surface area contributed by atoms with Gasteiger partial charge in [-0.05, 0) is 43.3 Å². The number of fused-ring (bicyclic) bond motifs is 1. The van der Waals surface area contributed by atoms with Crippen molar-refractivity contribution >= 4 is 29.0 Å². The average Bonchev–Trinajstić information content (AvgIpc) is 2.62. The van der Waals surface area contributed by atoms with Crippen LogP contribution in [0.3, 0.4) is 0 Å². The molecule has 1 aliphatic rings. The number of carbonyl (C=O) groups excluding carboxylic acids is 1. The van der Waals surface area contributed by atoms with Crippen LogP contribution in [-0.4, -0.2) is 35.2 Å². The van der Waals surface area contributed by atoms with E-state index in [-0.39, 0.29) is 17.5 Å². The molecule has 0 aliphatic heterocycles. The van der Waals surface area contributed by atoms with Gasteiger partial charge in [0.25, 0.3) is 11.5 Å².